The first-order valence-corrected chi connectivity index (χ1v) is 9.27. The van der Waals surface area contributed by atoms with Gasteiger partial charge in [-0.2, -0.15) is 0 Å². The van der Waals surface area contributed by atoms with Gasteiger partial charge in [-0.15, -0.1) is 0 Å². The van der Waals surface area contributed by atoms with E-state index in [1.165, 1.54) is 0 Å². The number of benzene rings is 2. The molecule has 0 aliphatic rings. The number of hydrogen-bond donors (Lipinski definition) is 0. The fourth-order valence-electron chi connectivity index (χ4n) is 2.75. The highest BCUT2D eigenvalue weighted by molar-refractivity contribution is 5.96. The molecule has 0 saturated heterocycles. The molecular weight excluding hydrogens is 342 g/mol. The molecule has 0 aliphatic heterocycles. The van der Waals surface area contributed by atoms with E-state index in [0.717, 1.165) is 16.9 Å². The summed E-state index contributed by atoms with van der Waals surface area (Å²) in [4.78, 5) is 14.4. The van der Waals surface area contributed by atoms with E-state index >= 15 is 0 Å². The molecule has 0 unspecified atom stereocenters. The Bertz CT molecular complexity index is 725. The Morgan fingerprint density at radius 2 is 1.67 bits per heavy atom. The SMILES string of the molecule is CCOCCOc1ccccc1C(=O)N(C)CCOc1cc(C)cc(C)c1. The topological polar surface area (TPSA) is 48.0 Å². The first-order chi connectivity index (χ1) is 13.0. The molecule has 0 aromatic heterocycles. The van der Waals surface area contributed by atoms with Crippen LogP contribution < -0.4 is 9.47 Å². The van der Waals surface area contributed by atoms with Crippen molar-refractivity contribution in [1.29, 1.82) is 0 Å². The molecule has 2 aromatic rings. The van der Waals surface area contributed by atoms with Gasteiger partial charge in [0.05, 0.1) is 18.7 Å². The molecule has 0 bridgehead atoms. The Morgan fingerprint density at radius 1 is 0.963 bits per heavy atom. The van der Waals surface area contributed by atoms with Gasteiger partial charge in [-0.3, -0.25) is 4.79 Å². The van der Waals surface area contributed by atoms with Crippen LogP contribution in [-0.4, -0.2) is 50.8 Å². The second-order valence-corrected chi connectivity index (χ2v) is 6.44. The first kappa shape index (κ1) is 20.8. The molecule has 5 heteroatoms. The van der Waals surface area contributed by atoms with E-state index < -0.39 is 0 Å². The molecular formula is C22H29NO4. The van der Waals surface area contributed by atoms with Crippen molar-refractivity contribution in [2.45, 2.75) is 20.8 Å². The lowest BCUT2D eigenvalue weighted by atomic mass is 10.1. The number of para-hydroxylation sites is 1. The Kier molecular flexibility index (Phi) is 8.14. The van der Waals surface area contributed by atoms with E-state index in [9.17, 15) is 4.79 Å². The number of likely N-dealkylation sites (N-methyl/N-ethyl adjacent to an activating group) is 1. The maximum absolute atomic E-state index is 12.8. The molecule has 2 rings (SSSR count). The Labute approximate surface area is 161 Å². The molecule has 0 aliphatic carbocycles. The van der Waals surface area contributed by atoms with Crippen molar-refractivity contribution in [2.75, 3.05) is 40.0 Å². The van der Waals surface area contributed by atoms with Gasteiger partial charge in [-0.05, 0) is 56.2 Å². The summed E-state index contributed by atoms with van der Waals surface area (Å²) in [5.41, 5.74) is 2.86. The second kappa shape index (κ2) is 10.6. The second-order valence-electron chi connectivity index (χ2n) is 6.44. The molecule has 0 atom stereocenters. The van der Waals surface area contributed by atoms with E-state index in [1.807, 2.05) is 45.0 Å². The molecule has 5 nitrogen and oxygen atoms in total. The number of amides is 1. The highest BCUT2D eigenvalue weighted by atomic mass is 16.5. The minimum absolute atomic E-state index is 0.0916. The standard InChI is InChI=1S/C22H29NO4/c1-5-25-12-13-27-21-9-7-6-8-20(21)22(24)23(4)10-11-26-19-15-17(2)14-18(3)16-19/h6-9,14-16H,5,10-13H2,1-4H3. The highest BCUT2D eigenvalue weighted by Gasteiger charge is 2.16. The number of hydrogen-bond acceptors (Lipinski definition) is 4. The zero-order valence-corrected chi connectivity index (χ0v) is 16.7. The van der Waals surface area contributed by atoms with Crippen LogP contribution in [0.15, 0.2) is 42.5 Å². The maximum Gasteiger partial charge on any atom is 0.257 e. The normalized spacial score (nSPS) is 10.5. The van der Waals surface area contributed by atoms with Crippen molar-refractivity contribution in [2.24, 2.45) is 0 Å². The number of ether oxygens (including phenoxy) is 3. The monoisotopic (exact) mass is 371 g/mol. The van der Waals surface area contributed by atoms with Crippen molar-refractivity contribution < 1.29 is 19.0 Å². The fraction of sp³-hybridized carbons (Fsp3) is 0.409. The highest BCUT2D eigenvalue weighted by Crippen LogP contribution is 2.20. The summed E-state index contributed by atoms with van der Waals surface area (Å²) < 4.78 is 16.8. The lowest BCUT2D eigenvalue weighted by Crippen LogP contribution is -2.31. The van der Waals surface area contributed by atoms with Gasteiger partial charge in [-0.1, -0.05) is 18.2 Å². The van der Waals surface area contributed by atoms with Crippen LogP contribution in [0, 0.1) is 13.8 Å². The molecule has 0 fully saturated rings. The summed E-state index contributed by atoms with van der Waals surface area (Å²) in [5, 5.41) is 0. The summed E-state index contributed by atoms with van der Waals surface area (Å²) in [5.74, 6) is 1.31. The average molecular weight is 371 g/mol. The third kappa shape index (κ3) is 6.61. The van der Waals surface area contributed by atoms with Crippen LogP contribution in [0.1, 0.15) is 28.4 Å². The minimum atomic E-state index is -0.0916. The van der Waals surface area contributed by atoms with E-state index in [-0.39, 0.29) is 5.91 Å². The van der Waals surface area contributed by atoms with Crippen molar-refractivity contribution >= 4 is 5.91 Å². The quantitative estimate of drug-likeness (QED) is 0.595. The van der Waals surface area contributed by atoms with E-state index in [0.29, 0.717) is 44.3 Å². The lowest BCUT2D eigenvalue weighted by molar-refractivity contribution is 0.0763. The number of aryl methyl sites for hydroxylation is 2. The van der Waals surface area contributed by atoms with Crippen molar-refractivity contribution in [3.63, 3.8) is 0 Å². The van der Waals surface area contributed by atoms with Gasteiger partial charge in [-0.25, -0.2) is 0 Å². The smallest absolute Gasteiger partial charge is 0.257 e. The molecule has 0 radical (unpaired) electrons. The minimum Gasteiger partial charge on any atom is -0.492 e. The third-order valence-corrected chi connectivity index (χ3v) is 4.04. The molecule has 2 aromatic carbocycles. The first-order valence-electron chi connectivity index (χ1n) is 9.27. The van der Waals surface area contributed by atoms with Crippen LogP contribution in [-0.2, 0) is 4.74 Å². The van der Waals surface area contributed by atoms with Crippen LogP contribution in [0.3, 0.4) is 0 Å². The Hall–Kier alpha value is -2.53. The van der Waals surface area contributed by atoms with Gasteiger partial charge in [0, 0.05) is 13.7 Å². The molecule has 0 heterocycles. The summed E-state index contributed by atoms with van der Waals surface area (Å²) in [7, 11) is 1.77. The van der Waals surface area contributed by atoms with Gasteiger partial charge >= 0.3 is 0 Å². The van der Waals surface area contributed by atoms with Gasteiger partial charge in [0.2, 0.25) is 0 Å². The zero-order chi connectivity index (χ0) is 19.6. The average Bonchev–Trinajstić information content (AvgIpc) is 2.64. The summed E-state index contributed by atoms with van der Waals surface area (Å²) in [6.07, 6.45) is 0. The zero-order valence-electron chi connectivity index (χ0n) is 16.7. The van der Waals surface area contributed by atoms with Crippen molar-refractivity contribution in [1.82, 2.24) is 4.90 Å². The maximum atomic E-state index is 12.8. The van der Waals surface area contributed by atoms with E-state index in [4.69, 9.17) is 14.2 Å². The molecule has 0 spiro atoms. The Morgan fingerprint density at radius 3 is 2.37 bits per heavy atom. The van der Waals surface area contributed by atoms with Crippen LogP contribution in [0.5, 0.6) is 11.5 Å². The van der Waals surface area contributed by atoms with Crippen LogP contribution in [0.25, 0.3) is 0 Å². The molecule has 27 heavy (non-hydrogen) atoms. The van der Waals surface area contributed by atoms with Crippen LogP contribution in [0.2, 0.25) is 0 Å². The van der Waals surface area contributed by atoms with Gasteiger partial charge in [0.25, 0.3) is 5.91 Å². The van der Waals surface area contributed by atoms with Crippen LogP contribution >= 0.6 is 0 Å². The van der Waals surface area contributed by atoms with Crippen molar-refractivity contribution in [3.8, 4) is 11.5 Å². The number of nitrogens with zero attached hydrogens (tertiary/aromatic N) is 1. The largest absolute Gasteiger partial charge is 0.492 e. The fourth-order valence-corrected chi connectivity index (χ4v) is 2.75. The van der Waals surface area contributed by atoms with E-state index in [1.54, 1.807) is 24.1 Å². The third-order valence-electron chi connectivity index (χ3n) is 4.04. The predicted octanol–water partition coefficient (Wildman–Crippen LogP) is 3.87. The summed E-state index contributed by atoms with van der Waals surface area (Å²) in [6, 6.07) is 13.4. The number of carbonyl (C=O) groups excluding carboxylic acids is 1. The van der Waals surface area contributed by atoms with Gasteiger partial charge < -0.3 is 19.1 Å². The van der Waals surface area contributed by atoms with E-state index in [2.05, 4.69) is 6.07 Å². The molecule has 0 saturated carbocycles. The number of carbonyl (C=O) groups is 1. The molecule has 146 valence electrons. The van der Waals surface area contributed by atoms with Gasteiger partial charge in [0.1, 0.15) is 24.7 Å². The van der Waals surface area contributed by atoms with Gasteiger partial charge in [0.15, 0.2) is 0 Å². The molecule has 1 amide bonds. The molecule has 0 N–H and O–H groups in total. The summed E-state index contributed by atoms with van der Waals surface area (Å²) in [6.45, 7) is 8.49. The summed E-state index contributed by atoms with van der Waals surface area (Å²) >= 11 is 0. The Balaban J connectivity index is 1.90. The van der Waals surface area contributed by atoms with Crippen LogP contribution in [0.4, 0.5) is 0 Å². The number of rotatable bonds is 10. The van der Waals surface area contributed by atoms with Crippen molar-refractivity contribution in [3.05, 3.63) is 59.2 Å². The predicted molar refractivity (Wildman–Crippen MR) is 107 cm³/mol. The lowest BCUT2D eigenvalue weighted by Gasteiger charge is -2.19.